The Kier molecular flexibility index (Phi) is 7.16. The number of nitrogens with one attached hydrogen (secondary N) is 1. The van der Waals surface area contributed by atoms with Crippen molar-refractivity contribution in [2.24, 2.45) is 0 Å². The molecule has 11 heavy (non-hydrogen) atoms. The van der Waals surface area contributed by atoms with Gasteiger partial charge in [0.1, 0.15) is 0 Å². The van der Waals surface area contributed by atoms with E-state index in [1.54, 1.807) is 0 Å². The van der Waals surface area contributed by atoms with Gasteiger partial charge in [0.2, 0.25) is 0 Å². The van der Waals surface area contributed by atoms with E-state index in [0.717, 1.165) is 6.54 Å². The quantitative estimate of drug-likeness (QED) is 0.407. The summed E-state index contributed by atoms with van der Waals surface area (Å²) in [5.41, 5.74) is 0. The van der Waals surface area contributed by atoms with Crippen molar-refractivity contribution in [2.45, 2.75) is 13.0 Å². The van der Waals surface area contributed by atoms with Gasteiger partial charge in [0.05, 0.1) is 25.9 Å². The van der Waals surface area contributed by atoms with E-state index in [2.05, 4.69) is 11.2 Å². The Morgan fingerprint density at radius 1 is 1.64 bits per heavy atom. The Bertz CT molecular complexity index is 120. The Morgan fingerprint density at radius 2 is 2.36 bits per heavy atom. The predicted octanol–water partition coefficient (Wildman–Crippen LogP) is -0.393. The second kappa shape index (κ2) is 7.55. The Hall–Kier alpha value is -0.560. The molecule has 0 aliphatic heterocycles. The van der Waals surface area contributed by atoms with E-state index in [-0.39, 0.29) is 12.6 Å². The number of hydrogen-bond donors (Lipinski definition) is 2. The average molecular weight is 157 g/mol. The maximum atomic E-state index is 8.34. The fraction of sp³-hybridized carbons (Fsp3) is 0.750. The highest BCUT2D eigenvalue weighted by atomic mass is 16.5. The first kappa shape index (κ1) is 10.4. The molecular weight excluding hydrogens is 142 g/mol. The van der Waals surface area contributed by atoms with E-state index in [1.165, 1.54) is 0 Å². The van der Waals surface area contributed by atoms with Gasteiger partial charge in [-0.25, -0.2) is 0 Å². The van der Waals surface area contributed by atoms with Gasteiger partial charge < -0.3 is 15.2 Å². The van der Waals surface area contributed by atoms with Gasteiger partial charge in [-0.05, 0) is 6.92 Å². The van der Waals surface area contributed by atoms with Gasteiger partial charge in [0.15, 0.2) is 0 Å². The molecule has 0 spiro atoms. The third kappa shape index (κ3) is 7.34. The van der Waals surface area contributed by atoms with Crippen LogP contribution in [0.5, 0.6) is 0 Å². The summed E-state index contributed by atoms with van der Waals surface area (Å²) in [7, 11) is 0. The van der Waals surface area contributed by atoms with Crippen LogP contribution in [0.3, 0.4) is 0 Å². The smallest absolute Gasteiger partial charge is 0.0698 e. The molecule has 0 aromatic heterocycles. The lowest BCUT2D eigenvalue weighted by atomic mass is 10.3. The molecule has 0 fully saturated rings. The maximum absolute atomic E-state index is 8.34. The fourth-order valence-electron chi connectivity index (χ4n) is 0.573. The van der Waals surface area contributed by atoms with Gasteiger partial charge in [-0.2, -0.15) is 0 Å². The average Bonchev–Trinajstić information content (AvgIpc) is 2.04. The van der Waals surface area contributed by atoms with Crippen molar-refractivity contribution in [2.75, 3.05) is 26.4 Å². The minimum Gasteiger partial charge on any atom is -0.394 e. The molecule has 0 aromatic rings. The van der Waals surface area contributed by atoms with E-state index < -0.39 is 0 Å². The summed E-state index contributed by atoms with van der Waals surface area (Å²) in [5.74, 6) is 2.54. The molecule has 0 aliphatic rings. The topological polar surface area (TPSA) is 41.5 Å². The lowest BCUT2D eigenvalue weighted by Crippen LogP contribution is -2.28. The van der Waals surface area contributed by atoms with Gasteiger partial charge >= 0.3 is 0 Å². The summed E-state index contributed by atoms with van der Waals surface area (Å²) in [6, 6.07) is 0.0905. The first-order chi connectivity index (χ1) is 5.31. The number of ether oxygens (including phenoxy) is 1. The summed E-state index contributed by atoms with van der Waals surface area (Å²) in [6.45, 7) is 3.70. The zero-order valence-electron chi connectivity index (χ0n) is 6.84. The van der Waals surface area contributed by atoms with Crippen LogP contribution < -0.4 is 5.32 Å². The second-order valence-corrected chi connectivity index (χ2v) is 2.18. The van der Waals surface area contributed by atoms with Crippen molar-refractivity contribution >= 4 is 0 Å². The standard InChI is InChI=1S/C8H15NO2/c1-3-8(2)9-4-6-11-7-5-10/h1,8-10H,4-7H2,2H3. The molecule has 1 atom stereocenters. The van der Waals surface area contributed by atoms with Crippen molar-refractivity contribution in [1.29, 1.82) is 0 Å². The van der Waals surface area contributed by atoms with Crippen LogP contribution >= 0.6 is 0 Å². The minimum absolute atomic E-state index is 0.0741. The molecule has 2 N–H and O–H groups in total. The van der Waals surface area contributed by atoms with Gasteiger partial charge in [-0.3, -0.25) is 0 Å². The van der Waals surface area contributed by atoms with Gasteiger partial charge in [0.25, 0.3) is 0 Å². The Balaban J connectivity index is 2.97. The summed E-state index contributed by atoms with van der Waals surface area (Å²) in [5, 5.41) is 11.4. The number of hydrogen-bond acceptors (Lipinski definition) is 3. The van der Waals surface area contributed by atoms with E-state index in [1.807, 2.05) is 6.92 Å². The van der Waals surface area contributed by atoms with Crippen LogP contribution in [0, 0.1) is 12.3 Å². The monoisotopic (exact) mass is 157 g/mol. The van der Waals surface area contributed by atoms with Crippen LogP contribution in [0.2, 0.25) is 0 Å². The molecule has 0 rings (SSSR count). The third-order valence-corrected chi connectivity index (χ3v) is 1.18. The number of aliphatic hydroxyl groups excluding tert-OH is 1. The van der Waals surface area contributed by atoms with Crippen molar-refractivity contribution < 1.29 is 9.84 Å². The minimum atomic E-state index is 0.0741. The van der Waals surface area contributed by atoms with Crippen LogP contribution in [-0.2, 0) is 4.74 Å². The van der Waals surface area contributed by atoms with Crippen LogP contribution in [0.15, 0.2) is 0 Å². The Labute approximate surface area is 67.8 Å². The van der Waals surface area contributed by atoms with Crippen LogP contribution in [0.1, 0.15) is 6.92 Å². The van der Waals surface area contributed by atoms with Crippen LogP contribution in [-0.4, -0.2) is 37.5 Å². The van der Waals surface area contributed by atoms with Gasteiger partial charge in [-0.1, -0.05) is 5.92 Å². The molecule has 64 valence electrons. The molecule has 0 aromatic carbocycles. The number of rotatable bonds is 6. The van der Waals surface area contributed by atoms with E-state index in [4.69, 9.17) is 16.3 Å². The first-order valence-electron chi connectivity index (χ1n) is 3.69. The highest BCUT2D eigenvalue weighted by Gasteiger charge is 1.92. The normalized spacial score (nSPS) is 12.5. The molecular formula is C8H15NO2. The summed E-state index contributed by atoms with van der Waals surface area (Å²) >= 11 is 0. The lowest BCUT2D eigenvalue weighted by Gasteiger charge is -2.06. The SMILES string of the molecule is C#CC(C)NCCOCCO. The van der Waals surface area contributed by atoms with Crippen molar-refractivity contribution in [1.82, 2.24) is 5.32 Å². The second-order valence-electron chi connectivity index (χ2n) is 2.18. The molecule has 0 aliphatic carbocycles. The molecule has 0 amide bonds. The lowest BCUT2D eigenvalue weighted by molar-refractivity contribution is 0.0935. The number of aliphatic hydroxyl groups is 1. The molecule has 0 heterocycles. The molecule has 0 radical (unpaired) electrons. The number of terminal acetylenes is 1. The largest absolute Gasteiger partial charge is 0.394 e. The van der Waals surface area contributed by atoms with Crippen LogP contribution in [0.25, 0.3) is 0 Å². The summed E-state index contributed by atoms with van der Waals surface area (Å²) in [6.07, 6.45) is 5.12. The fourth-order valence-corrected chi connectivity index (χ4v) is 0.573. The molecule has 1 unspecified atom stereocenters. The first-order valence-corrected chi connectivity index (χ1v) is 3.69. The van der Waals surface area contributed by atoms with Gasteiger partial charge in [-0.15, -0.1) is 6.42 Å². The molecule has 0 bridgehead atoms. The molecule has 3 nitrogen and oxygen atoms in total. The van der Waals surface area contributed by atoms with Gasteiger partial charge in [0, 0.05) is 6.54 Å². The van der Waals surface area contributed by atoms with Crippen molar-refractivity contribution in [3.63, 3.8) is 0 Å². The summed E-state index contributed by atoms with van der Waals surface area (Å²) in [4.78, 5) is 0. The molecule has 3 heteroatoms. The van der Waals surface area contributed by atoms with E-state index in [9.17, 15) is 0 Å². The molecule has 0 saturated heterocycles. The highest BCUT2D eigenvalue weighted by Crippen LogP contribution is 1.76. The van der Waals surface area contributed by atoms with Crippen LogP contribution in [0.4, 0.5) is 0 Å². The summed E-state index contributed by atoms with van der Waals surface area (Å²) < 4.78 is 5.00. The van der Waals surface area contributed by atoms with Crippen molar-refractivity contribution in [3.05, 3.63) is 0 Å². The maximum Gasteiger partial charge on any atom is 0.0698 e. The van der Waals surface area contributed by atoms with E-state index >= 15 is 0 Å². The predicted molar refractivity (Wildman–Crippen MR) is 44.2 cm³/mol. The zero-order valence-corrected chi connectivity index (χ0v) is 6.84. The van der Waals surface area contributed by atoms with Crippen molar-refractivity contribution in [3.8, 4) is 12.3 Å². The molecule has 0 saturated carbocycles. The highest BCUT2D eigenvalue weighted by molar-refractivity contribution is 4.95. The van der Waals surface area contributed by atoms with E-state index in [0.29, 0.717) is 13.2 Å². The third-order valence-electron chi connectivity index (χ3n) is 1.18. The zero-order chi connectivity index (χ0) is 8.53. The Morgan fingerprint density at radius 3 is 2.91 bits per heavy atom.